The van der Waals surface area contributed by atoms with Gasteiger partial charge in [0.05, 0.1) is 32.2 Å². The Morgan fingerprint density at radius 1 is 1.03 bits per heavy atom. The highest BCUT2D eigenvalue weighted by atomic mass is 16.5. The molecule has 0 fully saturated rings. The van der Waals surface area contributed by atoms with E-state index in [4.69, 9.17) is 18.9 Å². The first-order chi connectivity index (χ1) is 14.0. The summed E-state index contributed by atoms with van der Waals surface area (Å²) < 4.78 is 21.4. The fourth-order valence-electron chi connectivity index (χ4n) is 3.19. The molecule has 8 nitrogen and oxygen atoms in total. The normalized spacial score (nSPS) is 12.4. The van der Waals surface area contributed by atoms with Gasteiger partial charge in [0.25, 0.3) is 0 Å². The topological polar surface area (TPSA) is 86.7 Å². The lowest BCUT2D eigenvalue weighted by molar-refractivity contribution is 0.00393. The Hall–Kier alpha value is -3.29. The molecule has 2 rings (SSSR count). The molecule has 1 atom stereocenters. The smallest absolute Gasteiger partial charge is 0.338 e. The summed E-state index contributed by atoms with van der Waals surface area (Å²) in [7, 11) is 5.98. The Labute approximate surface area is 170 Å². The van der Waals surface area contributed by atoms with Gasteiger partial charge >= 0.3 is 5.97 Å². The minimum atomic E-state index is -0.890. The van der Waals surface area contributed by atoms with Gasteiger partial charge in [0, 0.05) is 7.05 Å². The van der Waals surface area contributed by atoms with Crippen LogP contribution in [0.3, 0.4) is 0 Å². The zero-order valence-electron chi connectivity index (χ0n) is 17.3. The van der Waals surface area contributed by atoms with Crippen molar-refractivity contribution in [1.82, 2.24) is 5.01 Å². The number of carbonyl (C=O) groups excluding carboxylic acids is 1. The van der Waals surface area contributed by atoms with Crippen LogP contribution in [-0.4, -0.2) is 46.0 Å². The summed E-state index contributed by atoms with van der Waals surface area (Å²) in [4.78, 5) is 24.1. The van der Waals surface area contributed by atoms with Crippen LogP contribution < -0.4 is 14.2 Å². The Morgan fingerprint density at radius 3 is 2.07 bits per heavy atom. The Morgan fingerprint density at radius 2 is 1.62 bits per heavy atom. The van der Waals surface area contributed by atoms with Gasteiger partial charge in [-0.3, -0.25) is 0 Å². The minimum Gasteiger partial charge on any atom is -0.493 e. The Balaban J connectivity index is 2.35. The van der Waals surface area contributed by atoms with Gasteiger partial charge in [-0.25, -0.2) is 9.80 Å². The molecule has 1 unspecified atom stereocenters. The van der Waals surface area contributed by atoms with Crippen molar-refractivity contribution in [3.63, 3.8) is 0 Å². The van der Waals surface area contributed by atoms with E-state index in [9.17, 15) is 9.70 Å². The molecule has 0 N–H and O–H groups in total. The molecular weight excluding hydrogens is 376 g/mol. The largest absolute Gasteiger partial charge is 0.493 e. The van der Waals surface area contributed by atoms with Gasteiger partial charge in [-0.2, -0.15) is 0 Å². The van der Waals surface area contributed by atoms with E-state index in [0.29, 0.717) is 23.7 Å². The fraction of sp³-hybridized carbons (Fsp3) is 0.381. The molecule has 8 heteroatoms. The fourth-order valence-corrected chi connectivity index (χ4v) is 3.19. The van der Waals surface area contributed by atoms with Crippen LogP contribution in [0, 0.1) is 4.91 Å². The molecule has 0 aliphatic heterocycles. The first kappa shape index (κ1) is 22.0. The first-order valence-electron chi connectivity index (χ1n) is 9.07. The molecule has 0 saturated carbocycles. The molecule has 29 heavy (non-hydrogen) atoms. The van der Waals surface area contributed by atoms with Crippen LogP contribution in [0.1, 0.15) is 29.3 Å². The van der Waals surface area contributed by atoms with E-state index in [1.165, 1.54) is 38.5 Å². The number of nitrogens with zero attached hydrogens (tertiary/aromatic N) is 2. The molecule has 2 aromatic carbocycles. The van der Waals surface area contributed by atoms with Crippen LogP contribution in [0.2, 0.25) is 0 Å². The second kappa shape index (κ2) is 9.77. The summed E-state index contributed by atoms with van der Waals surface area (Å²) in [6.45, 7) is 1.84. The predicted octanol–water partition coefficient (Wildman–Crippen LogP) is 3.79. The van der Waals surface area contributed by atoms with Crippen molar-refractivity contribution in [1.29, 1.82) is 0 Å². The summed E-state index contributed by atoms with van der Waals surface area (Å²) in [6.07, 6.45) is 0.502. The quantitative estimate of drug-likeness (QED) is 0.339. The maximum atomic E-state index is 12.8. The highest BCUT2D eigenvalue weighted by molar-refractivity contribution is 5.91. The van der Waals surface area contributed by atoms with Crippen LogP contribution in [0.15, 0.2) is 47.8 Å². The molecule has 0 aromatic heterocycles. The van der Waals surface area contributed by atoms with Gasteiger partial charge < -0.3 is 18.9 Å². The summed E-state index contributed by atoms with van der Waals surface area (Å²) in [5, 5.41) is 4.35. The zero-order chi connectivity index (χ0) is 21.4. The average Bonchev–Trinajstić information content (AvgIpc) is 2.78. The van der Waals surface area contributed by atoms with Crippen LogP contribution >= 0.6 is 0 Å². The lowest BCUT2D eigenvalue weighted by Gasteiger charge is -2.37. The number of hydrogen-bond acceptors (Lipinski definition) is 7. The van der Waals surface area contributed by atoms with Crippen molar-refractivity contribution >= 4 is 5.97 Å². The molecule has 0 bridgehead atoms. The van der Waals surface area contributed by atoms with Gasteiger partial charge in [0.1, 0.15) is 12.1 Å². The van der Waals surface area contributed by atoms with Crippen LogP contribution in [0.4, 0.5) is 0 Å². The van der Waals surface area contributed by atoms with Crippen molar-refractivity contribution < 1.29 is 23.7 Å². The van der Waals surface area contributed by atoms with Gasteiger partial charge in [-0.1, -0.05) is 37.3 Å². The maximum absolute atomic E-state index is 12.8. The predicted molar refractivity (Wildman–Crippen MR) is 108 cm³/mol. The second-order valence-corrected chi connectivity index (χ2v) is 6.35. The van der Waals surface area contributed by atoms with Crippen molar-refractivity contribution in [3.05, 3.63) is 58.5 Å². The van der Waals surface area contributed by atoms with E-state index < -0.39 is 11.5 Å². The molecule has 0 heterocycles. The molecule has 0 spiro atoms. The van der Waals surface area contributed by atoms with Gasteiger partial charge in [-0.05, 0) is 24.1 Å². The molecular formula is C21H26N2O6. The SMILES string of the molecule is CCC(COC(=O)c1cc(OC)c(OC)c(OC)c1)(c1ccccc1)N(C)N=O. The lowest BCUT2D eigenvalue weighted by atomic mass is 9.87. The third-order valence-corrected chi connectivity index (χ3v) is 4.98. The van der Waals surface area contributed by atoms with Gasteiger partial charge in [0.15, 0.2) is 11.5 Å². The molecule has 0 saturated heterocycles. The van der Waals surface area contributed by atoms with E-state index in [1.807, 2.05) is 37.3 Å². The number of ether oxygens (including phenoxy) is 4. The molecule has 0 radical (unpaired) electrons. The first-order valence-corrected chi connectivity index (χ1v) is 9.07. The monoisotopic (exact) mass is 402 g/mol. The molecule has 0 amide bonds. The number of nitroso groups, excluding NO2 is 1. The van der Waals surface area contributed by atoms with E-state index in [-0.39, 0.29) is 12.2 Å². The van der Waals surface area contributed by atoms with Crippen LogP contribution in [0.5, 0.6) is 17.2 Å². The third-order valence-electron chi connectivity index (χ3n) is 4.98. The van der Waals surface area contributed by atoms with Crippen molar-refractivity contribution in [3.8, 4) is 17.2 Å². The summed E-state index contributed by atoms with van der Waals surface area (Å²) >= 11 is 0. The highest BCUT2D eigenvalue weighted by Gasteiger charge is 2.37. The zero-order valence-corrected chi connectivity index (χ0v) is 17.3. The molecule has 0 aliphatic rings. The van der Waals surface area contributed by atoms with Crippen molar-refractivity contribution in [2.45, 2.75) is 18.9 Å². The van der Waals surface area contributed by atoms with Gasteiger partial charge in [-0.15, -0.1) is 4.91 Å². The van der Waals surface area contributed by atoms with Crippen LogP contribution in [0.25, 0.3) is 0 Å². The van der Waals surface area contributed by atoms with E-state index in [2.05, 4.69) is 5.29 Å². The Bertz CT molecular complexity index is 817. The number of hydrogen-bond donors (Lipinski definition) is 0. The molecule has 156 valence electrons. The number of carbonyl (C=O) groups is 1. The van der Waals surface area contributed by atoms with Crippen LogP contribution in [-0.2, 0) is 10.3 Å². The summed E-state index contributed by atoms with van der Waals surface area (Å²) in [6, 6.07) is 12.4. The minimum absolute atomic E-state index is 0.0642. The van der Waals surface area contributed by atoms with Gasteiger partial charge in [0.2, 0.25) is 5.75 Å². The average molecular weight is 402 g/mol. The Kier molecular flexibility index (Phi) is 7.41. The standard InChI is InChI=1S/C21H26N2O6/c1-6-21(23(2)22-25,16-10-8-7-9-11-16)14-29-20(24)15-12-17(26-3)19(28-5)18(13-15)27-4/h7-13H,6,14H2,1-5H3. The van der Waals surface area contributed by atoms with E-state index in [0.717, 1.165) is 5.56 Å². The molecule has 0 aliphatic carbocycles. The third kappa shape index (κ3) is 4.42. The van der Waals surface area contributed by atoms with Crippen molar-refractivity contribution in [2.24, 2.45) is 5.29 Å². The summed E-state index contributed by atoms with van der Waals surface area (Å²) in [5.41, 5.74) is 0.167. The second-order valence-electron chi connectivity index (χ2n) is 6.35. The number of rotatable bonds is 10. The molecule has 2 aromatic rings. The highest BCUT2D eigenvalue weighted by Crippen LogP contribution is 2.39. The number of benzene rings is 2. The van der Waals surface area contributed by atoms with E-state index in [1.54, 1.807) is 7.05 Å². The lowest BCUT2D eigenvalue weighted by Crippen LogP contribution is -2.44. The maximum Gasteiger partial charge on any atom is 0.338 e. The van der Waals surface area contributed by atoms with Crippen molar-refractivity contribution in [2.75, 3.05) is 35.0 Å². The summed E-state index contributed by atoms with van der Waals surface area (Å²) in [5.74, 6) is 0.478. The van der Waals surface area contributed by atoms with E-state index >= 15 is 0 Å². The number of likely N-dealkylation sites (N-methyl/N-ethyl adjacent to an activating group) is 1. The number of esters is 1. The number of methoxy groups -OCH3 is 3.